The van der Waals surface area contributed by atoms with Gasteiger partial charge in [0.25, 0.3) is 11.8 Å². The van der Waals surface area contributed by atoms with Crippen LogP contribution in [-0.4, -0.2) is 23.9 Å². The summed E-state index contributed by atoms with van der Waals surface area (Å²) in [6.07, 6.45) is 3.09. The molecular formula is C20H16ClN3O3. The molecule has 27 heavy (non-hydrogen) atoms. The molecule has 6 nitrogen and oxygen atoms in total. The number of ether oxygens (including phenoxy) is 1. The standard InChI is InChI=1S/C20H16ClN3O3/c1-27-18-9-4-14(21)11-17(18)20(26)24-16-7-5-15(6-8-16)23-19(25)13-3-2-10-22-12-13/h2-12H,1H3,(H,23,25)(H,24,26). The van der Waals surface area contributed by atoms with E-state index < -0.39 is 0 Å². The molecule has 0 aliphatic rings. The maximum atomic E-state index is 12.5. The molecule has 0 aliphatic heterocycles. The number of aromatic nitrogens is 1. The Hall–Kier alpha value is -3.38. The molecule has 0 saturated carbocycles. The number of carbonyl (C=O) groups excluding carboxylic acids is 2. The van der Waals surface area contributed by atoms with Gasteiger partial charge >= 0.3 is 0 Å². The van der Waals surface area contributed by atoms with Crippen LogP contribution in [0.15, 0.2) is 67.0 Å². The topological polar surface area (TPSA) is 80.3 Å². The Morgan fingerprint density at radius 1 is 0.963 bits per heavy atom. The van der Waals surface area contributed by atoms with Crippen molar-refractivity contribution >= 4 is 34.8 Å². The van der Waals surface area contributed by atoms with E-state index >= 15 is 0 Å². The molecule has 0 radical (unpaired) electrons. The van der Waals surface area contributed by atoms with Crippen molar-refractivity contribution in [3.8, 4) is 5.75 Å². The molecule has 0 unspecified atom stereocenters. The molecule has 0 aliphatic carbocycles. The van der Waals surface area contributed by atoms with Crippen LogP contribution >= 0.6 is 11.6 Å². The van der Waals surface area contributed by atoms with Crippen molar-refractivity contribution in [3.05, 3.63) is 83.1 Å². The van der Waals surface area contributed by atoms with E-state index in [2.05, 4.69) is 15.6 Å². The molecule has 3 aromatic rings. The number of halogens is 1. The summed E-state index contributed by atoms with van der Waals surface area (Å²) in [7, 11) is 1.49. The van der Waals surface area contributed by atoms with Gasteiger partial charge < -0.3 is 15.4 Å². The van der Waals surface area contributed by atoms with E-state index in [4.69, 9.17) is 16.3 Å². The number of pyridine rings is 1. The van der Waals surface area contributed by atoms with Crippen LogP contribution in [0.3, 0.4) is 0 Å². The lowest BCUT2D eigenvalue weighted by Gasteiger charge is -2.10. The monoisotopic (exact) mass is 381 g/mol. The molecule has 0 bridgehead atoms. The quantitative estimate of drug-likeness (QED) is 0.692. The molecule has 0 atom stereocenters. The summed E-state index contributed by atoms with van der Waals surface area (Å²) in [6, 6.07) is 15.0. The molecule has 2 N–H and O–H groups in total. The van der Waals surface area contributed by atoms with Gasteiger partial charge in [0.05, 0.1) is 18.2 Å². The molecule has 2 amide bonds. The van der Waals surface area contributed by atoms with Crippen molar-refractivity contribution in [3.63, 3.8) is 0 Å². The Kier molecular flexibility index (Phi) is 5.68. The second-order valence-electron chi connectivity index (χ2n) is 5.57. The van der Waals surface area contributed by atoms with Crippen molar-refractivity contribution in [2.45, 2.75) is 0 Å². The molecule has 3 rings (SSSR count). The average Bonchev–Trinajstić information content (AvgIpc) is 2.70. The van der Waals surface area contributed by atoms with Crippen LogP contribution in [0.5, 0.6) is 5.75 Å². The molecule has 0 spiro atoms. The number of methoxy groups -OCH3 is 1. The fraction of sp³-hybridized carbons (Fsp3) is 0.0500. The number of rotatable bonds is 5. The Balaban J connectivity index is 1.68. The van der Waals surface area contributed by atoms with Gasteiger partial charge in [0, 0.05) is 28.8 Å². The molecule has 1 heterocycles. The van der Waals surface area contributed by atoms with Crippen LogP contribution < -0.4 is 15.4 Å². The highest BCUT2D eigenvalue weighted by Gasteiger charge is 2.13. The molecule has 1 aromatic heterocycles. The molecule has 136 valence electrons. The van der Waals surface area contributed by atoms with Crippen LogP contribution in [0.2, 0.25) is 5.02 Å². The molecule has 0 fully saturated rings. The summed E-state index contributed by atoms with van der Waals surface area (Å²) < 4.78 is 5.19. The van der Waals surface area contributed by atoms with Gasteiger partial charge in [-0.2, -0.15) is 0 Å². The number of anilines is 2. The minimum Gasteiger partial charge on any atom is -0.496 e. The SMILES string of the molecule is COc1ccc(Cl)cc1C(=O)Nc1ccc(NC(=O)c2cccnc2)cc1. The lowest BCUT2D eigenvalue weighted by atomic mass is 10.1. The van der Waals surface area contributed by atoms with E-state index in [1.165, 1.54) is 19.4 Å². The maximum absolute atomic E-state index is 12.5. The largest absolute Gasteiger partial charge is 0.496 e. The Labute approximate surface area is 161 Å². The first kappa shape index (κ1) is 18.4. The van der Waals surface area contributed by atoms with Crippen LogP contribution in [0.1, 0.15) is 20.7 Å². The van der Waals surface area contributed by atoms with E-state index in [1.807, 2.05) is 0 Å². The normalized spacial score (nSPS) is 10.1. The first-order valence-electron chi connectivity index (χ1n) is 8.03. The molecular weight excluding hydrogens is 366 g/mol. The third kappa shape index (κ3) is 4.62. The van der Waals surface area contributed by atoms with Crippen LogP contribution in [-0.2, 0) is 0 Å². The fourth-order valence-electron chi connectivity index (χ4n) is 2.39. The predicted molar refractivity (Wildman–Crippen MR) is 105 cm³/mol. The third-order valence-corrected chi connectivity index (χ3v) is 3.97. The number of amides is 2. The maximum Gasteiger partial charge on any atom is 0.259 e. The van der Waals surface area contributed by atoms with Gasteiger partial charge in [-0.25, -0.2) is 0 Å². The van der Waals surface area contributed by atoms with E-state index in [1.54, 1.807) is 54.7 Å². The first-order chi connectivity index (χ1) is 13.1. The van der Waals surface area contributed by atoms with Crippen molar-refractivity contribution in [1.82, 2.24) is 4.98 Å². The lowest BCUT2D eigenvalue weighted by molar-refractivity contribution is 0.101. The molecule has 7 heteroatoms. The highest BCUT2D eigenvalue weighted by Crippen LogP contribution is 2.24. The van der Waals surface area contributed by atoms with E-state index in [0.717, 1.165) is 0 Å². The van der Waals surface area contributed by atoms with Crippen LogP contribution in [0, 0.1) is 0 Å². The van der Waals surface area contributed by atoms with Crippen molar-refractivity contribution in [2.24, 2.45) is 0 Å². The Morgan fingerprint density at radius 2 is 1.63 bits per heavy atom. The second-order valence-corrected chi connectivity index (χ2v) is 6.01. The van der Waals surface area contributed by atoms with Crippen LogP contribution in [0.4, 0.5) is 11.4 Å². The summed E-state index contributed by atoms with van der Waals surface area (Å²) in [5.41, 5.74) is 1.96. The van der Waals surface area contributed by atoms with Gasteiger partial charge in [-0.1, -0.05) is 11.6 Å². The average molecular weight is 382 g/mol. The zero-order chi connectivity index (χ0) is 19.2. The zero-order valence-corrected chi connectivity index (χ0v) is 15.2. The van der Waals surface area contributed by atoms with Gasteiger partial charge in [-0.3, -0.25) is 14.6 Å². The first-order valence-corrected chi connectivity index (χ1v) is 8.41. The Morgan fingerprint density at radius 3 is 2.22 bits per heavy atom. The highest BCUT2D eigenvalue weighted by atomic mass is 35.5. The number of hydrogen-bond donors (Lipinski definition) is 2. The minimum atomic E-state index is -0.346. The van der Waals surface area contributed by atoms with Crippen molar-refractivity contribution in [2.75, 3.05) is 17.7 Å². The van der Waals surface area contributed by atoms with Gasteiger partial charge in [-0.05, 0) is 54.6 Å². The van der Waals surface area contributed by atoms with Gasteiger partial charge in [-0.15, -0.1) is 0 Å². The number of benzene rings is 2. The number of nitrogens with one attached hydrogen (secondary N) is 2. The fourth-order valence-corrected chi connectivity index (χ4v) is 2.57. The van der Waals surface area contributed by atoms with E-state index in [-0.39, 0.29) is 11.8 Å². The van der Waals surface area contributed by atoms with E-state index in [0.29, 0.717) is 33.3 Å². The number of hydrogen-bond acceptors (Lipinski definition) is 4. The zero-order valence-electron chi connectivity index (χ0n) is 14.4. The van der Waals surface area contributed by atoms with Gasteiger partial charge in [0.15, 0.2) is 0 Å². The number of carbonyl (C=O) groups is 2. The molecule has 2 aromatic carbocycles. The summed E-state index contributed by atoms with van der Waals surface area (Å²) in [5.74, 6) is -0.178. The smallest absolute Gasteiger partial charge is 0.259 e. The third-order valence-electron chi connectivity index (χ3n) is 3.73. The Bertz CT molecular complexity index is 960. The van der Waals surface area contributed by atoms with Gasteiger partial charge in [0.1, 0.15) is 5.75 Å². The lowest BCUT2D eigenvalue weighted by Crippen LogP contribution is -2.14. The highest BCUT2D eigenvalue weighted by molar-refractivity contribution is 6.31. The van der Waals surface area contributed by atoms with Crippen molar-refractivity contribution < 1.29 is 14.3 Å². The van der Waals surface area contributed by atoms with Crippen molar-refractivity contribution in [1.29, 1.82) is 0 Å². The van der Waals surface area contributed by atoms with Crippen LogP contribution in [0.25, 0.3) is 0 Å². The summed E-state index contributed by atoms with van der Waals surface area (Å²) in [4.78, 5) is 28.5. The second kappa shape index (κ2) is 8.33. The minimum absolute atomic E-state index is 0.261. The summed E-state index contributed by atoms with van der Waals surface area (Å²) in [5, 5.41) is 5.98. The summed E-state index contributed by atoms with van der Waals surface area (Å²) >= 11 is 5.96. The van der Waals surface area contributed by atoms with Gasteiger partial charge in [0.2, 0.25) is 0 Å². The van der Waals surface area contributed by atoms with E-state index in [9.17, 15) is 9.59 Å². The summed E-state index contributed by atoms with van der Waals surface area (Å²) in [6.45, 7) is 0. The number of nitrogens with zero attached hydrogens (tertiary/aromatic N) is 1. The molecule has 0 saturated heterocycles. The predicted octanol–water partition coefficient (Wildman–Crippen LogP) is 4.25.